The van der Waals surface area contributed by atoms with Crippen LogP contribution in [-0.4, -0.2) is 4.57 Å². The third-order valence-corrected chi connectivity index (χ3v) is 3.20. The fraction of sp³-hybridized carbons (Fsp3) is 0.133. The summed E-state index contributed by atoms with van der Waals surface area (Å²) in [5, 5.41) is 2.39. The molecule has 0 saturated heterocycles. The lowest BCUT2D eigenvalue weighted by atomic mass is 10.1. The quantitative estimate of drug-likeness (QED) is 0.540. The van der Waals surface area contributed by atoms with Crippen LogP contribution in [0.2, 0.25) is 0 Å². The van der Waals surface area contributed by atoms with Gasteiger partial charge in [0.2, 0.25) is 0 Å². The van der Waals surface area contributed by atoms with Gasteiger partial charge in [0.25, 0.3) is 0 Å². The van der Waals surface area contributed by atoms with Crippen molar-refractivity contribution in [3.05, 3.63) is 54.0 Å². The van der Waals surface area contributed by atoms with Crippen LogP contribution < -0.4 is 0 Å². The number of nitrogens with zero attached hydrogens (tertiary/aromatic N) is 2. The molecule has 0 atom stereocenters. The molecule has 1 aliphatic carbocycles. The van der Waals surface area contributed by atoms with E-state index in [-0.39, 0.29) is 0 Å². The molecule has 3 rings (SSSR count). The number of pyridine rings is 1. The maximum Gasteiger partial charge on any atom is 0.187 e. The van der Waals surface area contributed by atoms with Crippen LogP contribution in [-0.2, 0) is 6.54 Å². The van der Waals surface area contributed by atoms with Gasteiger partial charge in [0.15, 0.2) is 5.69 Å². The molecule has 0 bridgehead atoms. The van der Waals surface area contributed by atoms with E-state index in [9.17, 15) is 0 Å². The first-order chi connectivity index (χ1) is 8.33. The zero-order valence-electron chi connectivity index (χ0n) is 9.64. The van der Waals surface area contributed by atoms with Gasteiger partial charge in [-0.2, -0.15) is 0 Å². The van der Waals surface area contributed by atoms with Crippen molar-refractivity contribution in [2.45, 2.75) is 13.5 Å². The number of benzene rings is 1. The minimum atomic E-state index is 0.705. The fourth-order valence-corrected chi connectivity index (χ4v) is 2.35. The standard InChI is InChI=1S/C15H12N2/c1-3-17-8-4-5-13-14-10-12(16-2)7-6-11(14)9-15(13)17/h4-10H,3H2,1H3. The first-order valence-corrected chi connectivity index (χ1v) is 5.72. The van der Waals surface area contributed by atoms with E-state index in [1.807, 2.05) is 18.2 Å². The molecule has 1 aliphatic heterocycles. The summed E-state index contributed by atoms with van der Waals surface area (Å²) < 4.78 is 2.23. The molecular formula is C15H12N2. The van der Waals surface area contributed by atoms with Crippen LogP contribution in [0.15, 0.2) is 42.6 Å². The maximum absolute atomic E-state index is 7.08. The van der Waals surface area contributed by atoms with Crippen LogP contribution in [0.3, 0.4) is 0 Å². The highest BCUT2D eigenvalue weighted by Gasteiger charge is 2.12. The van der Waals surface area contributed by atoms with Gasteiger partial charge in [-0.3, -0.25) is 0 Å². The van der Waals surface area contributed by atoms with E-state index in [0.717, 1.165) is 6.54 Å². The Hall–Kier alpha value is -2.27. The SMILES string of the molecule is [C-]#[N+]c1ccc2cc3n(CC)cccc-3c2c1. The fourth-order valence-electron chi connectivity index (χ4n) is 2.35. The Balaban J connectivity index is 2.40. The smallest absolute Gasteiger partial charge is 0.187 e. The van der Waals surface area contributed by atoms with Gasteiger partial charge in [0, 0.05) is 24.0 Å². The lowest BCUT2D eigenvalue weighted by molar-refractivity contribution is 0.766. The van der Waals surface area contributed by atoms with Crippen LogP contribution in [0.4, 0.5) is 5.69 Å². The molecule has 0 amide bonds. The predicted molar refractivity (Wildman–Crippen MR) is 70.5 cm³/mol. The molecule has 0 aromatic heterocycles. The first kappa shape index (κ1) is 9.92. The second-order valence-corrected chi connectivity index (χ2v) is 4.12. The van der Waals surface area contributed by atoms with Crippen molar-refractivity contribution >= 4 is 16.5 Å². The van der Waals surface area contributed by atoms with Crippen molar-refractivity contribution in [3.8, 4) is 11.3 Å². The van der Waals surface area contributed by atoms with Crippen molar-refractivity contribution in [3.63, 3.8) is 0 Å². The van der Waals surface area contributed by atoms with Crippen LogP contribution in [0.1, 0.15) is 6.92 Å². The lowest BCUT2D eigenvalue weighted by Gasteiger charge is -2.09. The predicted octanol–water partition coefficient (Wildman–Crippen LogP) is 4.32. The zero-order chi connectivity index (χ0) is 11.8. The Bertz CT molecular complexity index is 701. The monoisotopic (exact) mass is 220 g/mol. The van der Waals surface area contributed by atoms with E-state index >= 15 is 0 Å². The molecule has 82 valence electrons. The molecular weight excluding hydrogens is 208 g/mol. The van der Waals surface area contributed by atoms with Crippen LogP contribution in [0.5, 0.6) is 0 Å². The second kappa shape index (κ2) is 3.64. The van der Waals surface area contributed by atoms with Crippen molar-refractivity contribution in [1.82, 2.24) is 4.57 Å². The summed E-state index contributed by atoms with van der Waals surface area (Å²) in [7, 11) is 0. The van der Waals surface area contributed by atoms with E-state index < -0.39 is 0 Å². The summed E-state index contributed by atoms with van der Waals surface area (Å²) >= 11 is 0. The minimum Gasteiger partial charge on any atom is -0.348 e. The average Bonchev–Trinajstić information content (AvgIpc) is 2.76. The summed E-state index contributed by atoms with van der Waals surface area (Å²) in [5.74, 6) is 0. The van der Waals surface area contributed by atoms with E-state index in [2.05, 4.69) is 40.7 Å². The summed E-state index contributed by atoms with van der Waals surface area (Å²) in [6.45, 7) is 10.2. The second-order valence-electron chi connectivity index (χ2n) is 4.12. The van der Waals surface area contributed by atoms with Crippen molar-refractivity contribution in [2.24, 2.45) is 0 Å². The lowest BCUT2D eigenvalue weighted by Crippen LogP contribution is -1.97. The molecule has 2 aliphatic rings. The normalized spacial score (nSPS) is 10.8. The van der Waals surface area contributed by atoms with Crippen molar-refractivity contribution in [2.75, 3.05) is 0 Å². The molecule has 2 heteroatoms. The highest BCUT2D eigenvalue weighted by atomic mass is 14.9. The number of aromatic nitrogens is 1. The molecule has 0 spiro atoms. The van der Waals surface area contributed by atoms with Gasteiger partial charge in [-0.1, -0.05) is 18.2 Å². The molecule has 17 heavy (non-hydrogen) atoms. The number of rotatable bonds is 1. The molecule has 2 nitrogen and oxygen atoms in total. The van der Waals surface area contributed by atoms with E-state index in [1.54, 1.807) is 0 Å². The molecule has 0 radical (unpaired) electrons. The third kappa shape index (κ3) is 1.40. The highest BCUT2D eigenvalue weighted by Crippen LogP contribution is 2.35. The minimum absolute atomic E-state index is 0.705. The number of hydrogen-bond donors (Lipinski definition) is 0. The van der Waals surface area contributed by atoms with Gasteiger partial charge >= 0.3 is 0 Å². The molecule has 0 unspecified atom stereocenters. The number of fused-ring (bicyclic) bond motifs is 3. The zero-order valence-corrected chi connectivity index (χ0v) is 9.64. The molecule has 0 saturated carbocycles. The Labute approximate surface area is 100 Å². The molecule has 1 aromatic carbocycles. The molecule has 0 fully saturated rings. The Morgan fingerprint density at radius 3 is 2.88 bits per heavy atom. The summed E-state index contributed by atoms with van der Waals surface area (Å²) in [4.78, 5) is 3.49. The van der Waals surface area contributed by atoms with Gasteiger partial charge in [-0.15, -0.1) is 0 Å². The first-order valence-electron chi connectivity index (χ1n) is 5.72. The molecule has 1 heterocycles. The third-order valence-electron chi connectivity index (χ3n) is 3.20. The van der Waals surface area contributed by atoms with Gasteiger partial charge in [-0.25, -0.2) is 4.85 Å². The van der Waals surface area contributed by atoms with E-state index in [4.69, 9.17) is 6.57 Å². The maximum atomic E-state index is 7.08. The Morgan fingerprint density at radius 2 is 2.12 bits per heavy atom. The van der Waals surface area contributed by atoms with Gasteiger partial charge < -0.3 is 4.57 Å². The highest BCUT2D eigenvalue weighted by molar-refractivity contribution is 6.02. The van der Waals surface area contributed by atoms with Crippen molar-refractivity contribution < 1.29 is 0 Å². The van der Waals surface area contributed by atoms with Crippen LogP contribution in [0, 0.1) is 6.57 Å². The summed E-state index contributed by atoms with van der Waals surface area (Å²) in [6, 6.07) is 12.3. The van der Waals surface area contributed by atoms with E-state index in [0.29, 0.717) is 5.69 Å². The van der Waals surface area contributed by atoms with Gasteiger partial charge in [0.05, 0.1) is 6.57 Å². The van der Waals surface area contributed by atoms with Gasteiger partial charge in [-0.05, 0) is 35.9 Å². The molecule has 0 N–H and O–H groups in total. The van der Waals surface area contributed by atoms with Gasteiger partial charge in [0.1, 0.15) is 0 Å². The van der Waals surface area contributed by atoms with E-state index in [1.165, 1.54) is 22.0 Å². The topological polar surface area (TPSA) is 9.29 Å². The summed E-state index contributed by atoms with van der Waals surface area (Å²) in [6.07, 6.45) is 2.09. The Kier molecular flexibility index (Phi) is 2.12. The number of hydrogen-bond acceptors (Lipinski definition) is 0. The molecule has 1 aromatic rings. The van der Waals surface area contributed by atoms with Crippen molar-refractivity contribution in [1.29, 1.82) is 0 Å². The largest absolute Gasteiger partial charge is 0.348 e. The Morgan fingerprint density at radius 1 is 1.24 bits per heavy atom. The summed E-state index contributed by atoms with van der Waals surface area (Å²) in [5.41, 5.74) is 3.18. The number of aryl methyl sites for hydroxylation is 1. The van der Waals surface area contributed by atoms with Crippen LogP contribution in [0.25, 0.3) is 26.9 Å². The average molecular weight is 220 g/mol. The van der Waals surface area contributed by atoms with Crippen LogP contribution >= 0.6 is 0 Å².